The molecule has 0 saturated carbocycles. The molecule has 7 rings (SSSR count). The number of fused-ring (bicyclic) bond motifs is 2. The number of allylic oxidation sites excluding steroid dienone is 1. The number of tetrazole rings is 1. The molecule has 0 bridgehead atoms. The molecule has 0 radical (unpaired) electrons. The summed E-state index contributed by atoms with van der Waals surface area (Å²) in [5.41, 5.74) is 19.2. The highest BCUT2D eigenvalue weighted by Gasteiger charge is 2.44. The van der Waals surface area contributed by atoms with E-state index >= 15 is 14.4 Å². The molecule has 12 atom stereocenters. The molecule has 15 amide bonds. The number of nitrogens with zero attached hydrogens (tertiary/aromatic N) is 5. The molecular weight excluding hydrogens is 1810 g/mol. The van der Waals surface area contributed by atoms with Gasteiger partial charge >= 0.3 is 0 Å². The molecule has 25 N–H and O–H groups in total. The van der Waals surface area contributed by atoms with Gasteiger partial charge in [0.05, 0.1) is 39.1 Å². The third kappa shape index (κ3) is 43.3. The normalized spacial score (nSPS) is 19.1. The van der Waals surface area contributed by atoms with Crippen molar-refractivity contribution in [2.75, 3.05) is 65.8 Å². The van der Waals surface area contributed by atoms with Gasteiger partial charge in [0, 0.05) is 125 Å². The van der Waals surface area contributed by atoms with Gasteiger partial charge in [-0.1, -0.05) is 172 Å². The summed E-state index contributed by atoms with van der Waals surface area (Å²) in [5.74, 6) is -13.0. The zero-order chi connectivity index (χ0) is 102. The van der Waals surface area contributed by atoms with Crippen molar-refractivity contribution in [3.05, 3.63) is 89.5 Å². The van der Waals surface area contributed by atoms with E-state index < -0.39 is 213 Å². The number of amides is 15. The zero-order valence-electron chi connectivity index (χ0n) is 80.8. The predicted molar refractivity (Wildman–Crippen MR) is 517 cm³/mol. The van der Waals surface area contributed by atoms with Crippen molar-refractivity contribution in [3.63, 3.8) is 0 Å². The highest BCUT2D eigenvalue weighted by atomic mass is 16.5. The van der Waals surface area contributed by atoms with Crippen molar-refractivity contribution in [3.8, 4) is 0 Å². The Hall–Kier alpha value is -12.8. The van der Waals surface area contributed by atoms with Crippen LogP contribution < -0.4 is 91.6 Å². The number of ketones is 1. The quantitative estimate of drug-likeness (QED) is 0.0151. The number of guanidine groups is 1. The van der Waals surface area contributed by atoms with Crippen molar-refractivity contribution in [1.82, 2.24) is 105 Å². The van der Waals surface area contributed by atoms with Crippen molar-refractivity contribution >= 4 is 117 Å². The number of Topliss-reactive ketones (excluding diaryl/α,β-unsaturated/α-hetero) is 1. The molecule has 2 saturated heterocycles. The van der Waals surface area contributed by atoms with E-state index in [0.717, 1.165) is 60.2 Å². The zero-order valence-corrected chi connectivity index (χ0v) is 80.8. The Morgan fingerprint density at radius 3 is 1.90 bits per heavy atom. The van der Waals surface area contributed by atoms with Gasteiger partial charge in [-0.25, -0.2) is 5.10 Å². The second-order valence-electron chi connectivity index (χ2n) is 36.0. The maximum Gasteiger partial charge on any atom is 0.246 e. The second kappa shape index (κ2) is 63.8. The summed E-state index contributed by atoms with van der Waals surface area (Å²) >= 11 is 0. The number of carbonyl (C=O) groups excluding carboxylic acids is 16. The Morgan fingerprint density at radius 1 is 0.600 bits per heavy atom. The molecule has 0 spiro atoms. The molecule has 5 heterocycles. The molecule has 4 aromatic rings. The van der Waals surface area contributed by atoms with Crippen LogP contribution in [0.3, 0.4) is 0 Å². The molecule has 3 aliphatic heterocycles. The Morgan fingerprint density at radius 2 is 1.23 bits per heavy atom. The molecule has 2 aromatic carbocycles. The lowest BCUT2D eigenvalue weighted by Crippen LogP contribution is -2.61. The average molecular weight is 1960 g/mol. The van der Waals surface area contributed by atoms with Crippen molar-refractivity contribution in [2.24, 2.45) is 22.2 Å². The van der Waals surface area contributed by atoms with Gasteiger partial charge in [-0.2, -0.15) is 0 Å². The van der Waals surface area contributed by atoms with Crippen LogP contribution >= 0.6 is 0 Å². The van der Waals surface area contributed by atoms with Gasteiger partial charge in [0.25, 0.3) is 0 Å². The summed E-state index contributed by atoms with van der Waals surface area (Å²) < 4.78 is 11.0. The number of aromatic amines is 2. The van der Waals surface area contributed by atoms with Gasteiger partial charge in [0.1, 0.15) is 84.7 Å². The average Bonchev–Trinajstić information content (AvgIpc) is 1.65. The van der Waals surface area contributed by atoms with Gasteiger partial charge in [-0.15, -0.1) is 5.10 Å². The number of primary amides is 2. The largest absolute Gasteiger partial charge is 0.394 e. The minimum atomic E-state index is -1.88. The van der Waals surface area contributed by atoms with E-state index in [1.54, 1.807) is 69.4 Å². The summed E-state index contributed by atoms with van der Waals surface area (Å²) in [6.07, 6.45) is 18.5. The Bertz CT molecular complexity index is 4710. The highest BCUT2D eigenvalue weighted by Crippen LogP contribution is 2.25. The molecule has 772 valence electrons. The molecule has 3 aliphatic rings. The van der Waals surface area contributed by atoms with E-state index in [1.165, 1.54) is 57.6 Å². The number of nitrogens with one attached hydrogen (secondary N) is 17. The molecule has 140 heavy (non-hydrogen) atoms. The van der Waals surface area contributed by atoms with Crippen LogP contribution in [0.1, 0.15) is 237 Å². The molecule has 45 nitrogen and oxygen atoms in total. The van der Waals surface area contributed by atoms with Crippen molar-refractivity contribution in [1.29, 1.82) is 5.41 Å². The number of nitrogens with two attached hydrogens (primary N) is 3. The number of aliphatic hydroxyl groups excluding tert-OH is 2. The summed E-state index contributed by atoms with van der Waals surface area (Å²) in [5, 5.41) is 81.9. The fourth-order valence-electron chi connectivity index (χ4n) is 16.3. The van der Waals surface area contributed by atoms with Crippen LogP contribution in [-0.2, 0) is 105 Å². The summed E-state index contributed by atoms with van der Waals surface area (Å²) in [6, 6.07) is -1.64. The summed E-state index contributed by atoms with van der Waals surface area (Å²) in [7, 11) is 0. The Balaban J connectivity index is 0.968. The number of hydrogen-bond acceptors (Lipinski definition) is 26. The number of aliphatic imine (C=N–C) groups is 1. The number of carbonyl (C=O) groups is 16. The first kappa shape index (κ1) is 114. The monoisotopic (exact) mass is 1960 g/mol. The number of para-hydroxylation sites is 1. The lowest BCUT2D eigenvalue weighted by atomic mass is 10.00. The predicted octanol–water partition coefficient (Wildman–Crippen LogP) is -0.498. The lowest BCUT2D eigenvalue weighted by Gasteiger charge is -2.31. The number of H-pyrrole nitrogens is 2. The first-order valence-electron chi connectivity index (χ1n) is 49.1. The maximum absolute atomic E-state index is 15.4. The maximum atomic E-state index is 15.4. The topological polar surface area (TPSA) is 688 Å². The van der Waals surface area contributed by atoms with Crippen LogP contribution in [0.5, 0.6) is 0 Å². The Labute approximate surface area is 815 Å². The number of benzene rings is 2. The van der Waals surface area contributed by atoms with E-state index in [9.17, 15) is 72.5 Å². The van der Waals surface area contributed by atoms with Gasteiger partial charge < -0.3 is 121 Å². The third-order valence-corrected chi connectivity index (χ3v) is 24.1. The fraction of sp³-hybridized carbons (Fsp3) is 0.632. The number of unbranched alkanes of at least 4 members (excludes halogenated alkanes) is 13. The highest BCUT2D eigenvalue weighted by molar-refractivity contribution is 6.01. The first-order chi connectivity index (χ1) is 67.4. The number of aryl methyl sites for hydroxylation is 1. The SMILES string of the molecule is CCCC[C@H](NC(=O)[C@@H](CO)NC(=O)[C@H](CC1=CCC=N1)NC(=O)[C@H](CCC(N)=O)NC(=O)[C@H](CNC(C)C)NC(=O)CNC(=O)COCCOCCNC(=O)CCCCCCCCCCCCCCCc1nnn[nH]1)C(=O)N[C@H]1CCC(=O)CCCCC[C@@H](C(N)=O)NC(=O)[C@H](Cc2c[nH]c3ccccc23)NC(=O)[C@H](CCCNC(=N)N)NC(=O)[C@@H](Cc2ccccc2)NC(=O)[C@@H]2C[C@@H](O)CN2C1=O. The number of ether oxygens (including phenoxy) is 2. The van der Waals surface area contributed by atoms with E-state index in [0.29, 0.717) is 43.4 Å². The molecule has 2 aromatic heterocycles. The van der Waals surface area contributed by atoms with Gasteiger partial charge in [-0.05, 0) is 85.4 Å². The Kier molecular flexibility index (Phi) is 52.0. The first-order valence-corrected chi connectivity index (χ1v) is 49.1. The van der Waals surface area contributed by atoms with Crippen LogP contribution in [0, 0.1) is 5.41 Å². The van der Waals surface area contributed by atoms with Gasteiger partial charge in [-0.3, -0.25) is 87.1 Å². The van der Waals surface area contributed by atoms with Gasteiger partial charge in [0.2, 0.25) is 88.6 Å². The lowest BCUT2D eigenvalue weighted by molar-refractivity contribution is -0.143. The summed E-state index contributed by atoms with van der Waals surface area (Å²) in [6.45, 7) is 3.07. The van der Waals surface area contributed by atoms with E-state index in [-0.39, 0.29) is 134 Å². The van der Waals surface area contributed by atoms with Crippen molar-refractivity contribution in [2.45, 2.75) is 318 Å². The summed E-state index contributed by atoms with van der Waals surface area (Å²) in [4.78, 5) is 235. The fourth-order valence-corrected chi connectivity index (χ4v) is 16.3. The third-order valence-electron chi connectivity index (χ3n) is 24.1. The van der Waals surface area contributed by atoms with Gasteiger partial charge in [0.15, 0.2) is 5.96 Å². The van der Waals surface area contributed by atoms with Crippen LogP contribution in [0.4, 0.5) is 0 Å². The molecular formula is C95H147N25O20. The minimum absolute atomic E-state index is 0.000288. The van der Waals surface area contributed by atoms with Crippen LogP contribution in [0.25, 0.3) is 10.9 Å². The van der Waals surface area contributed by atoms with E-state index in [1.807, 2.05) is 18.2 Å². The van der Waals surface area contributed by atoms with Crippen LogP contribution in [0.15, 0.2) is 77.6 Å². The molecule has 0 unspecified atom stereocenters. The standard InChI is InChI=1S/C95H147N25O20/c1-4-5-34-69(85(129)111-72-41-40-64(122)32-21-18-22-36-68(84(97)128)107-89(133)74(51-62-54-104-67-35-26-25-33-66(62)67)112-86(130)70(37-28-45-102-95(98)99)108-88(132)73(50-61-29-19-17-20-30-61)114-93(137)78-53-65(123)57-120(78)94(72)138)109-92(136)77(58-121)115-90(134)75(52-63-31-27-44-100-63)113-87(131)71(42-43-79(96)124)110-91(135)76(55-103-60(2)3)106-82(126)56-105-83(127)59-140-49-48-139-47-46-101-81(125)39-24-16-14-12-10-8-6-7-9-11-13-15-23-38-80-116-118-119-117-80/h17,19-20,25-26,29-31,33,35,44,54,60,65,68-78,103-104,121,123H,4-16,18,21-24,27-28,32,34,36-43,45-53,55-59H2,1-3H3,(H2,96,124)(H2,97,128)(H,101,125)(H,105,127)(H,106,126)(H,107,133)(H,108,132)(H,109,136)(H,110,135)(H,111,129)(H,112,130)(H,113,131)(H,114,137)(H,115,134)(H4,98,99,102)(H,116,117,118,119)/t65-,68+,69+,70+,71+,72+,73-,74+,75+,76+,77-,78+/m1/s1. The van der Waals surface area contributed by atoms with E-state index in [4.69, 9.17) is 32.1 Å². The second-order valence-corrected chi connectivity index (χ2v) is 36.0. The minimum Gasteiger partial charge on any atom is -0.394 e. The number of aromatic nitrogens is 5. The number of rotatable bonds is 58. The number of aliphatic hydroxyl groups is 2. The van der Waals surface area contributed by atoms with Crippen molar-refractivity contribution < 1.29 is 96.4 Å². The molecule has 2 fully saturated rings. The number of hydrogen-bond donors (Lipinski definition) is 22. The van der Waals surface area contributed by atoms with Crippen LogP contribution in [0.2, 0.25) is 0 Å². The smallest absolute Gasteiger partial charge is 0.246 e. The molecule has 45 heteroatoms. The van der Waals surface area contributed by atoms with Crippen LogP contribution in [-0.4, -0.2) is 292 Å². The molecule has 0 aliphatic carbocycles. The van der Waals surface area contributed by atoms with E-state index in [2.05, 4.69) is 105 Å².